The van der Waals surface area contributed by atoms with Gasteiger partial charge in [-0.05, 0) is 44.9 Å². The Morgan fingerprint density at radius 3 is 2.00 bits per heavy atom. The Balaban J connectivity index is 3.28. The van der Waals surface area contributed by atoms with Gasteiger partial charge in [0, 0.05) is 6.42 Å². The summed E-state index contributed by atoms with van der Waals surface area (Å²) in [7, 11) is 0. The van der Waals surface area contributed by atoms with Gasteiger partial charge in [0.05, 0.1) is 0 Å². The predicted molar refractivity (Wildman–Crippen MR) is 96.1 cm³/mol. The molecule has 0 aromatic rings. The second-order valence-electron chi connectivity index (χ2n) is 5.75. The summed E-state index contributed by atoms with van der Waals surface area (Å²) in [6.07, 6.45) is 26.3. The number of carboxylic acids is 1. The SMILES string of the molecule is CCCCCC=CC=CCCC=CCCCCCCC(=O)O. The van der Waals surface area contributed by atoms with Crippen molar-refractivity contribution in [2.24, 2.45) is 0 Å². The van der Waals surface area contributed by atoms with Gasteiger partial charge in [-0.25, -0.2) is 0 Å². The van der Waals surface area contributed by atoms with Gasteiger partial charge in [-0.15, -0.1) is 0 Å². The highest BCUT2D eigenvalue weighted by atomic mass is 16.4. The maximum Gasteiger partial charge on any atom is 0.303 e. The lowest BCUT2D eigenvalue weighted by atomic mass is 10.1. The van der Waals surface area contributed by atoms with E-state index in [9.17, 15) is 4.79 Å². The third kappa shape index (κ3) is 18.7. The zero-order valence-corrected chi connectivity index (χ0v) is 14.3. The first kappa shape index (κ1) is 20.7. The van der Waals surface area contributed by atoms with Crippen LogP contribution in [0.2, 0.25) is 0 Å². The van der Waals surface area contributed by atoms with Crippen LogP contribution >= 0.6 is 0 Å². The molecule has 0 bridgehead atoms. The van der Waals surface area contributed by atoms with Crippen LogP contribution in [-0.4, -0.2) is 11.1 Å². The van der Waals surface area contributed by atoms with Crippen molar-refractivity contribution in [2.45, 2.75) is 84.0 Å². The Morgan fingerprint density at radius 2 is 1.27 bits per heavy atom. The Kier molecular flexibility index (Phi) is 16.7. The molecule has 0 aromatic heterocycles. The summed E-state index contributed by atoms with van der Waals surface area (Å²) in [5.74, 6) is -0.677. The van der Waals surface area contributed by atoms with E-state index in [2.05, 4.69) is 43.4 Å². The molecular weight excluding hydrogens is 272 g/mol. The second kappa shape index (κ2) is 17.7. The molecule has 0 radical (unpaired) electrons. The summed E-state index contributed by atoms with van der Waals surface area (Å²) in [6.45, 7) is 2.23. The third-order valence-corrected chi connectivity index (χ3v) is 3.54. The summed E-state index contributed by atoms with van der Waals surface area (Å²) >= 11 is 0. The average Bonchev–Trinajstić information content (AvgIpc) is 2.50. The van der Waals surface area contributed by atoms with E-state index in [0.29, 0.717) is 6.42 Å². The Morgan fingerprint density at radius 1 is 0.727 bits per heavy atom. The van der Waals surface area contributed by atoms with Crippen LogP contribution in [0.3, 0.4) is 0 Å². The fraction of sp³-hybridized carbons (Fsp3) is 0.650. The lowest BCUT2D eigenvalue weighted by Crippen LogP contribution is -1.93. The van der Waals surface area contributed by atoms with E-state index in [0.717, 1.165) is 38.5 Å². The first-order valence-corrected chi connectivity index (χ1v) is 8.95. The van der Waals surface area contributed by atoms with Crippen LogP contribution < -0.4 is 0 Å². The second-order valence-corrected chi connectivity index (χ2v) is 5.75. The molecule has 0 aliphatic heterocycles. The Hall–Kier alpha value is -1.31. The van der Waals surface area contributed by atoms with E-state index in [-0.39, 0.29) is 0 Å². The summed E-state index contributed by atoms with van der Waals surface area (Å²) in [5.41, 5.74) is 0. The molecule has 0 atom stereocenters. The third-order valence-electron chi connectivity index (χ3n) is 3.54. The molecule has 0 amide bonds. The maximum absolute atomic E-state index is 10.3. The number of rotatable bonds is 15. The molecule has 2 heteroatoms. The van der Waals surface area contributed by atoms with E-state index in [1.54, 1.807) is 0 Å². The smallest absolute Gasteiger partial charge is 0.303 e. The van der Waals surface area contributed by atoms with Crippen LogP contribution in [0, 0.1) is 0 Å². The molecule has 2 nitrogen and oxygen atoms in total. The first-order valence-electron chi connectivity index (χ1n) is 8.95. The van der Waals surface area contributed by atoms with Crippen molar-refractivity contribution >= 4 is 5.97 Å². The van der Waals surface area contributed by atoms with Crippen molar-refractivity contribution < 1.29 is 9.90 Å². The summed E-state index contributed by atoms with van der Waals surface area (Å²) < 4.78 is 0. The molecule has 0 rings (SSSR count). The Labute approximate surface area is 137 Å². The van der Waals surface area contributed by atoms with E-state index in [4.69, 9.17) is 5.11 Å². The standard InChI is InChI=1S/C20H34O2/c1-2-3-4-5-6-7-8-9-10-11-12-13-14-15-16-17-18-19-20(21)22/h6-9,12-13H,2-5,10-11,14-19H2,1H3,(H,21,22). The summed E-state index contributed by atoms with van der Waals surface area (Å²) in [6, 6.07) is 0. The molecule has 1 N–H and O–H groups in total. The number of aliphatic carboxylic acids is 1. The zero-order chi connectivity index (χ0) is 16.3. The molecule has 0 aliphatic carbocycles. The first-order chi connectivity index (χ1) is 10.8. The number of hydrogen-bond donors (Lipinski definition) is 1. The molecule has 0 aromatic carbocycles. The molecule has 0 heterocycles. The highest BCUT2D eigenvalue weighted by Crippen LogP contribution is 2.06. The van der Waals surface area contributed by atoms with Crippen LogP contribution in [0.15, 0.2) is 36.5 Å². The van der Waals surface area contributed by atoms with E-state index < -0.39 is 5.97 Å². The number of hydrogen-bond acceptors (Lipinski definition) is 1. The average molecular weight is 306 g/mol. The minimum atomic E-state index is -0.677. The van der Waals surface area contributed by atoms with Gasteiger partial charge in [-0.2, -0.15) is 0 Å². The van der Waals surface area contributed by atoms with E-state index >= 15 is 0 Å². The summed E-state index contributed by atoms with van der Waals surface area (Å²) in [4.78, 5) is 10.3. The van der Waals surface area contributed by atoms with Gasteiger partial charge in [-0.3, -0.25) is 4.79 Å². The zero-order valence-electron chi connectivity index (χ0n) is 14.3. The molecular formula is C20H34O2. The molecule has 0 aliphatic rings. The van der Waals surface area contributed by atoms with Crippen molar-refractivity contribution in [2.75, 3.05) is 0 Å². The van der Waals surface area contributed by atoms with Gasteiger partial charge >= 0.3 is 5.97 Å². The molecule has 126 valence electrons. The van der Waals surface area contributed by atoms with Crippen LogP contribution in [0.5, 0.6) is 0 Å². The van der Waals surface area contributed by atoms with E-state index in [1.807, 2.05) is 0 Å². The molecule has 0 fully saturated rings. The number of allylic oxidation sites excluding steroid dienone is 6. The topological polar surface area (TPSA) is 37.3 Å². The van der Waals surface area contributed by atoms with Gasteiger partial charge in [0.25, 0.3) is 0 Å². The largest absolute Gasteiger partial charge is 0.481 e. The molecule has 0 unspecified atom stereocenters. The quantitative estimate of drug-likeness (QED) is 0.215. The number of carboxylic acid groups (broad SMARTS) is 1. The normalized spacial score (nSPS) is 12.0. The highest BCUT2D eigenvalue weighted by Gasteiger charge is 1.95. The van der Waals surface area contributed by atoms with Gasteiger partial charge in [0.1, 0.15) is 0 Å². The van der Waals surface area contributed by atoms with Gasteiger partial charge in [0.2, 0.25) is 0 Å². The molecule has 0 saturated heterocycles. The predicted octanol–water partition coefficient (Wildman–Crippen LogP) is 6.44. The minimum absolute atomic E-state index is 0.315. The highest BCUT2D eigenvalue weighted by molar-refractivity contribution is 5.66. The maximum atomic E-state index is 10.3. The fourth-order valence-electron chi connectivity index (χ4n) is 2.18. The van der Waals surface area contributed by atoms with Gasteiger partial charge < -0.3 is 5.11 Å². The van der Waals surface area contributed by atoms with Gasteiger partial charge in [-0.1, -0.05) is 69.1 Å². The van der Waals surface area contributed by atoms with Gasteiger partial charge in [0.15, 0.2) is 0 Å². The fourth-order valence-corrected chi connectivity index (χ4v) is 2.18. The van der Waals surface area contributed by atoms with Crippen molar-refractivity contribution in [3.8, 4) is 0 Å². The Bertz CT molecular complexity index is 327. The summed E-state index contributed by atoms with van der Waals surface area (Å²) in [5, 5.41) is 8.52. The van der Waals surface area contributed by atoms with Crippen molar-refractivity contribution in [3.05, 3.63) is 36.5 Å². The lowest BCUT2D eigenvalue weighted by Gasteiger charge is -1.96. The molecule has 0 spiro atoms. The minimum Gasteiger partial charge on any atom is -0.481 e. The van der Waals surface area contributed by atoms with Crippen molar-refractivity contribution in [1.29, 1.82) is 0 Å². The van der Waals surface area contributed by atoms with Crippen molar-refractivity contribution in [1.82, 2.24) is 0 Å². The van der Waals surface area contributed by atoms with Crippen molar-refractivity contribution in [3.63, 3.8) is 0 Å². The monoisotopic (exact) mass is 306 g/mol. The number of carbonyl (C=O) groups is 1. The van der Waals surface area contributed by atoms with Crippen LogP contribution in [0.25, 0.3) is 0 Å². The molecule has 0 saturated carbocycles. The molecule has 22 heavy (non-hydrogen) atoms. The van der Waals surface area contributed by atoms with Crippen LogP contribution in [0.4, 0.5) is 0 Å². The van der Waals surface area contributed by atoms with Crippen LogP contribution in [0.1, 0.15) is 84.0 Å². The number of unbranched alkanes of at least 4 members (excludes halogenated alkanes) is 8. The van der Waals surface area contributed by atoms with Crippen LogP contribution in [-0.2, 0) is 4.79 Å². The lowest BCUT2D eigenvalue weighted by molar-refractivity contribution is -0.137. The van der Waals surface area contributed by atoms with E-state index in [1.165, 1.54) is 32.1 Å².